The molecule has 98 valence electrons. The van der Waals surface area contributed by atoms with Crippen LogP contribution in [-0.2, 0) is 9.59 Å². The number of carbonyl (C=O) groups is 1. The van der Waals surface area contributed by atoms with E-state index in [1.54, 1.807) is 0 Å². The Hall–Kier alpha value is -1.15. The second kappa shape index (κ2) is 11.3. The van der Waals surface area contributed by atoms with E-state index in [9.17, 15) is 9.59 Å². The van der Waals surface area contributed by atoms with Gasteiger partial charge in [-0.2, -0.15) is 0 Å². The molecule has 0 aliphatic heterocycles. The molecular weight excluding hydrogens is 216 g/mol. The van der Waals surface area contributed by atoms with Gasteiger partial charge in [-0.15, -0.1) is 0 Å². The van der Waals surface area contributed by atoms with Crippen LogP contribution in [0.4, 0.5) is 0 Å². The van der Waals surface area contributed by atoms with Crippen LogP contribution in [0.5, 0.6) is 0 Å². The van der Waals surface area contributed by atoms with Crippen LogP contribution in [0.25, 0.3) is 0 Å². The molecule has 0 saturated carbocycles. The number of hydrogen-bond acceptors (Lipinski definition) is 3. The van der Waals surface area contributed by atoms with Crippen LogP contribution in [0.15, 0.2) is 4.99 Å². The maximum absolute atomic E-state index is 11.8. The van der Waals surface area contributed by atoms with E-state index in [4.69, 9.17) is 0 Å². The molecule has 0 aromatic heterocycles. The van der Waals surface area contributed by atoms with E-state index >= 15 is 0 Å². The number of unbranched alkanes of at least 4 members (excludes halogenated alkanes) is 2. The van der Waals surface area contributed by atoms with Crippen LogP contribution in [0.1, 0.15) is 52.4 Å². The number of amides is 1. The molecule has 0 fully saturated rings. The highest BCUT2D eigenvalue weighted by Gasteiger charge is 2.14. The van der Waals surface area contributed by atoms with Gasteiger partial charge in [0, 0.05) is 12.5 Å². The third kappa shape index (κ3) is 8.64. The number of isocyanates is 1. The van der Waals surface area contributed by atoms with Gasteiger partial charge in [0.25, 0.3) is 0 Å². The molecule has 1 N–H and O–H groups in total. The smallest absolute Gasteiger partial charge is 0.234 e. The summed E-state index contributed by atoms with van der Waals surface area (Å²) in [6.07, 6.45) is 7.32. The maximum Gasteiger partial charge on any atom is 0.234 e. The van der Waals surface area contributed by atoms with Crippen molar-refractivity contribution in [3.63, 3.8) is 0 Å². The van der Waals surface area contributed by atoms with Crippen LogP contribution in [0.3, 0.4) is 0 Å². The van der Waals surface area contributed by atoms with Gasteiger partial charge >= 0.3 is 0 Å². The van der Waals surface area contributed by atoms with E-state index in [1.165, 1.54) is 6.08 Å². The Labute approximate surface area is 104 Å². The first-order valence-corrected chi connectivity index (χ1v) is 6.57. The number of nitrogens with one attached hydrogen (secondary N) is 1. The third-order valence-electron chi connectivity index (χ3n) is 2.83. The Morgan fingerprint density at radius 1 is 1.29 bits per heavy atom. The van der Waals surface area contributed by atoms with Crippen LogP contribution in [0.2, 0.25) is 0 Å². The fourth-order valence-electron chi connectivity index (χ4n) is 1.69. The quantitative estimate of drug-likeness (QED) is 0.362. The molecule has 1 amide bonds. The number of hydrogen-bond donors (Lipinski definition) is 1. The van der Waals surface area contributed by atoms with Gasteiger partial charge in [-0.25, -0.2) is 9.79 Å². The van der Waals surface area contributed by atoms with Crippen molar-refractivity contribution in [1.82, 2.24) is 5.32 Å². The SMILES string of the molecule is CCCCC(CC)C(=O)NCCCCN=C=O. The fraction of sp³-hybridized carbons (Fsp3) is 0.846. The van der Waals surface area contributed by atoms with Crippen LogP contribution in [-0.4, -0.2) is 25.1 Å². The highest BCUT2D eigenvalue weighted by molar-refractivity contribution is 5.78. The van der Waals surface area contributed by atoms with Gasteiger partial charge < -0.3 is 5.32 Å². The fourth-order valence-corrected chi connectivity index (χ4v) is 1.69. The Balaban J connectivity index is 3.63. The Morgan fingerprint density at radius 3 is 2.65 bits per heavy atom. The molecule has 17 heavy (non-hydrogen) atoms. The zero-order chi connectivity index (χ0) is 12.9. The molecule has 0 aliphatic carbocycles. The first-order valence-electron chi connectivity index (χ1n) is 6.57. The molecule has 1 unspecified atom stereocenters. The summed E-state index contributed by atoms with van der Waals surface area (Å²) in [5, 5.41) is 2.94. The van der Waals surface area contributed by atoms with Crippen LogP contribution >= 0.6 is 0 Å². The molecule has 0 spiro atoms. The lowest BCUT2D eigenvalue weighted by Crippen LogP contribution is -2.31. The molecule has 4 nitrogen and oxygen atoms in total. The van der Waals surface area contributed by atoms with Gasteiger partial charge in [-0.1, -0.05) is 26.7 Å². The van der Waals surface area contributed by atoms with Gasteiger partial charge in [0.05, 0.1) is 6.54 Å². The lowest BCUT2D eigenvalue weighted by molar-refractivity contribution is -0.125. The number of nitrogens with zero attached hydrogens (tertiary/aromatic N) is 1. The number of rotatable bonds is 10. The molecule has 4 heteroatoms. The van der Waals surface area contributed by atoms with Crippen molar-refractivity contribution in [2.45, 2.75) is 52.4 Å². The van der Waals surface area contributed by atoms with E-state index in [0.717, 1.165) is 38.5 Å². The molecular formula is C13H24N2O2. The summed E-state index contributed by atoms with van der Waals surface area (Å²) >= 11 is 0. The molecule has 0 saturated heterocycles. The molecule has 1 atom stereocenters. The number of aliphatic imine (C=N–C) groups is 1. The average molecular weight is 240 g/mol. The standard InChI is InChI=1S/C13H24N2O2/c1-3-5-8-12(4-2)13(17)15-10-7-6-9-14-11-16/h12H,3-10H2,1-2H3,(H,15,17). The highest BCUT2D eigenvalue weighted by Crippen LogP contribution is 2.12. The minimum absolute atomic E-state index is 0.156. The van der Waals surface area contributed by atoms with Crippen molar-refractivity contribution in [2.24, 2.45) is 10.9 Å². The van der Waals surface area contributed by atoms with Gasteiger partial charge in [0.1, 0.15) is 0 Å². The predicted octanol–water partition coefficient (Wildman–Crippen LogP) is 2.44. The third-order valence-corrected chi connectivity index (χ3v) is 2.83. The van der Waals surface area contributed by atoms with Gasteiger partial charge in [-0.3, -0.25) is 4.79 Å². The molecule has 0 bridgehead atoms. The molecule has 0 heterocycles. The Bertz CT molecular complexity index is 248. The van der Waals surface area contributed by atoms with Gasteiger partial charge in [-0.05, 0) is 25.7 Å². The van der Waals surface area contributed by atoms with E-state index in [1.807, 2.05) is 0 Å². The molecule has 0 aliphatic rings. The average Bonchev–Trinajstić information content (AvgIpc) is 2.34. The summed E-state index contributed by atoms with van der Waals surface area (Å²) < 4.78 is 0. The first kappa shape index (κ1) is 15.9. The largest absolute Gasteiger partial charge is 0.356 e. The summed E-state index contributed by atoms with van der Waals surface area (Å²) in [6, 6.07) is 0. The van der Waals surface area contributed by atoms with Gasteiger partial charge in [0.15, 0.2) is 0 Å². The van der Waals surface area contributed by atoms with Crippen molar-refractivity contribution in [2.75, 3.05) is 13.1 Å². The van der Waals surface area contributed by atoms with Crippen LogP contribution < -0.4 is 5.32 Å². The summed E-state index contributed by atoms with van der Waals surface area (Å²) in [6.45, 7) is 5.37. The normalized spacial score (nSPS) is 11.6. The molecule has 0 radical (unpaired) electrons. The van der Waals surface area contributed by atoms with Crippen molar-refractivity contribution < 1.29 is 9.59 Å². The second-order valence-corrected chi connectivity index (χ2v) is 4.22. The highest BCUT2D eigenvalue weighted by atomic mass is 16.1. The summed E-state index contributed by atoms with van der Waals surface area (Å²) in [5.74, 6) is 0.322. The second-order valence-electron chi connectivity index (χ2n) is 4.22. The van der Waals surface area contributed by atoms with E-state index in [2.05, 4.69) is 24.2 Å². The van der Waals surface area contributed by atoms with Crippen molar-refractivity contribution in [3.05, 3.63) is 0 Å². The minimum atomic E-state index is 0.156. The van der Waals surface area contributed by atoms with Gasteiger partial charge in [0.2, 0.25) is 12.0 Å². The van der Waals surface area contributed by atoms with E-state index < -0.39 is 0 Å². The summed E-state index contributed by atoms with van der Waals surface area (Å²) in [7, 11) is 0. The zero-order valence-electron chi connectivity index (χ0n) is 11.0. The van der Waals surface area contributed by atoms with Crippen LogP contribution in [0, 0.1) is 5.92 Å². The molecule has 0 rings (SSSR count). The zero-order valence-corrected chi connectivity index (χ0v) is 11.0. The minimum Gasteiger partial charge on any atom is -0.356 e. The predicted molar refractivity (Wildman–Crippen MR) is 68.5 cm³/mol. The lowest BCUT2D eigenvalue weighted by atomic mass is 9.98. The maximum atomic E-state index is 11.8. The summed E-state index contributed by atoms with van der Waals surface area (Å²) in [5.41, 5.74) is 0. The molecule has 0 aromatic rings. The molecule has 0 aromatic carbocycles. The van der Waals surface area contributed by atoms with E-state index in [0.29, 0.717) is 13.1 Å². The van der Waals surface area contributed by atoms with Crippen molar-refractivity contribution in [3.8, 4) is 0 Å². The van der Waals surface area contributed by atoms with E-state index in [-0.39, 0.29) is 11.8 Å². The Morgan fingerprint density at radius 2 is 2.06 bits per heavy atom. The van der Waals surface area contributed by atoms with Crippen molar-refractivity contribution in [1.29, 1.82) is 0 Å². The first-order chi connectivity index (χ1) is 8.26. The van der Waals surface area contributed by atoms with Crippen molar-refractivity contribution >= 4 is 12.0 Å². The topological polar surface area (TPSA) is 58.5 Å². The monoisotopic (exact) mass is 240 g/mol. The number of carbonyl (C=O) groups excluding carboxylic acids is 2. The lowest BCUT2D eigenvalue weighted by Gasteiger charge is -2.14. The summed E-state index contributed by atoms with van der Waals surface area (Å²) in [4.78, 5) is 25.0. The Kier molecular flexibility index (Phi) is 10.6.